The van der Waals surface area contributed by atoms with Crippen molar-refractivity contribution in [1.82, 2.24) is 14.9 Å². The smallest absolute Gasteiger partial charge is 0.224 e. The van der Waals surface area contributed by atoms with Crippen molar-refractivity contribution in [2.75, 3.05) is 12.4 Å². The van der Waals surface area contributed by atoms with Crippen LogP contribution in [0.5, 0.6) is 0 Å². The van der Waals surface area contributed by atoms with Crippen molar-refractivity contribution in [2.24, 2.45) is 0 Å². The number of carbonyl (C=O) groups is 1. The summed E-state index contributed by atoms with van der Waals surface area (Å²) in [6.45, 7) is 0.761. The number of likely N-dealkylation sites (tertiary alicyclic amines) is 1. The van der Waals surface area contributed by atoms with Crippen LogP contribution < -0.4 is 0 Å². The van der Waals surface area contributed by atoms with E-state index in [1.807, 2.05) is 35.2 Å². The number of hydrogen-bond donors (Lipinski definition) is 0. The fraction of sp³-hybridized carbons (Fsp3) is 0.353. The van der Waals surface area contributed by atoms with E-state index in [4.69, 9.17) is 23.2 Å². The van der Waals surface area contributed by atoms with Crippen molar-refractivity contribution in [1.29, 1.82) is 0 Å². The van der Waals surface area contributed by atoms with Crippen LogP contribution in [0.2, 0.25) is 5.02 Å². The normalized spacial score (nSPS) is 17.5. The van der Waals surface area contributed by atoms with E-state index in [1.165, 1.54) is 0 Å². The van der Waals surface area contributed by atoms with Crippen LogP contribution in [0.15, 0.2) is 36.5 Å². The molecule has 6 heteroatoms. The van der Waals surface area contributed by atoms with Gasteiger partial charge in [0.25, 0.3) is 0 Å². The Morgan fingerprint density at radius 3 is 3.00 bits per heavy atom. The van der Waals surface area contributed by atoms with Crippen molar-refractivity contribution in [3.63, 3.8) is 0 Å². The minimum atomic E-state index is 0.00616. The third-order valence-corrected chi connectivity index (χ3v) is 4.41. The van der Waals surface area contributed by atoms with Crippen LogP contribution in [0.1, 0.15) is 31.0 Å². The first-order chi connectivity index (χ1) is 11.2. The van der Waals surface area contributed by atoms with Crippen molar-refractivity contribution >= 4 is 29.1 Å². The number of nitrogens with zero attached hydrogens (tertiary/aromatic N) is 3. The number of hydrogen-bond acceptors (Lipinski definition) is 3. The lowest BCUT2D eigenvalue weighted by Crippen LogP contribution is -2.31. The maximum atomic E-state index is 12.2. The predicted molar refractivity (Wildman–Crippen MR) is 91.5 cm³/mol. The molecule has 0 N–H and O–H groups in total. The molecule has 0 bridgehead atoms. The average Bonchev–Trinajstić information content (AvgIpc) is 3.05. The highest BCUT2D eigenvalue weighted by molar-refractivity contribution is 6.30. The van der Waals surface area contributed by atoms with Gasteiger partial charge in [0, 0.05) is 35.6 Å². The van der Waals surface area contributed by atoms with Crippen molar-refractivity contribution < 1.29 is 4.79 Å². The molecule has 0 aliphatic carbocycles. The van der Waals surface area contributed by atoms with Gasteiger partial charge in [0.05, 0.1) is 11.7 Å². The van der Waals surface area contributed by atoms with Crippen molar-refractivity contribution in [2.45, 2.75) is 25.3 Å². The predicted octanol–water partition coefficient (Wildman–Crippen LogP) is 4.09. The fourth-order valence-corrected chi connectivity index (χ4v) is 3.27. The second-order valence-electron chi connectivity index (χ2n) is 5.50. The number of rotatable bonds is 4. The standard InChI is InChI=1S/C17H17Cl2N3O/c18-8-6-16(23)22-10-2-5-15(22)14-7-9-20-17(21-14)12-3-1-4-13(19)11-12/h1,3-4,7,9,11,15H,2,5-6,8,10H2. The molecule has 1 saturated heterocycles. The number of halogens is 2. The zero-order chi connectivity index (χ0) is 16.2. The highest BCUT2D eigenvalue weighted by Gasteiger charge is 2.30. The Kier molecular flexibility index (Phi) is 5.13. The average molecular weight is 350 g/mol. The second-order valence-corrected chi connectivity index (χ2v) is 6.31. The molecule has 23 heavy (non-hydrogen) atoms. The molecule has 1 fully saturated rings. The lowest BCUT2D eigenvalue weighted by molar-refractivity contribution is -0.131. The van der Waals surface area contributed by atoms with E-state index in [1.54, 1.807) is 6.20 Å². The summed E-state index contributed by atoms with van der Waals surface area (Å²) in [5, 5.41) is 0.649. The third kappa shape index (κ3) is 3.65. The van der Waals surface area contributed by atoms with Gasteiger partial charge in [-0.25, -0.2) is 9.97 Å². The van der Waals surface area contributed by atoms with Crippen LogP contribution in [0.3, 0.4) is 0 Å². The van der Waals surface area contributed by atoms with E-state index in [2.05, 4.69) is 9.97 Å². The number of amides is 1. The monoisotopic (exact) mass is 349 g/mol. The number of carbonyl (C=O) groups excluding carboxylic acids is 1. The molecule has 1 atom stereocenters. The summed E-state index contributed by atoms with van der Waals surface area (Å²) in [5.74, 6) is 1.06. The summed E-state index contributed by atoms with van der Waals surface area (Å²) in [5.41, 5.74) is 1.74. The van der Waals surface area contributed by atoms with Crippen LogP contribution >= 0.6 is 23.2 Å². The van der Waals surface area contributed by atoms with Gasteiger partial charge in [-0.05, 0) is 31.0 Å². The highest BCUT2D eigenvalue weighted by atomic mass is 35.5. The Labute approximate surface area is 145 Å². The summed E-state index contributed by atoms with van der Waals surface area (Å²) < 4.78 is 0. The van der Waals surface area contributed by atoms with Gasteiger partial charge >= 0.3 is 0 Å². The molecule has 120 valence electrons. The van der Waals surface area contributed by atoms with E-state index in [0.29, 0.717) is 23.1 Å². The van der Waals surface area contributed by atoms with Gasteiger partial charge in [0.1, 0.15) is 0 Å². The van der Waals surface area contributed by atoms with Gasteiger partial charge < -0.3 is 4.90 Å². The molecule has 1 aromatic carbocycles. The van der Waals surface area contributed by atoms with Gasteiger partial charge in [-0.1, -0.05) is 23.7 Å². The van der Waals surface area contributed by atoms with E-state index < -0.39 is 0 Å². The van der Waals surface area contributed by atoms with E-state index in [9.17, 15) is 4.79 Å². The quantitative estimate of drug-likeness (QED) is 0.781. The molecule has 1 amide bonds. The second kappa shape index (κ2) is 7.28. The molecule has 2 aromatic rings. The van der Waals surface area contributed by atoms with E-state index >= 15 is 0 Å². The van der Waals surface area contributed by atoms with E-state index in [0.717, 1.165) is 30.6 Å². The molecule has 1 aliphatic rings. The van der Waals surface area contributed by atoms with Gasteiger partial charge in [-0.2, -0.15) is 0 Å². The molecule has 1 unspecified atom stereocenters. The molecular formula is C17H17Cl2N3O. The molecule has 0 saturated carbocycles. The molecule has 1 aromatic heterocycles. The first kappa shape index (κ1) is 16.2. The lowest BCUT2D eigenvalue weighted by Gasteiger charge is -2.24. The van der Waals surface area contributed by atoms with Crippen LogP contribution in [0.4, 0.5) is 0 Å². The molecule has 1 aliphatic heterocycles. The van der Waals surface area contributed by atoms with Crippen LogP contribution in [0.25, 0.3) is 11.4 Å². The number of alkyl halides is 1. The Hall–Kier alpha value is -1.65. The molecule has 0 spiro atoms. The zero-order valence-corrected chi connectivity index (χ0v) is 14.1. The maximum Gasteiger partial charge on any atom is 0.224 e. The summed E-state index contributed by atoms with van der Waals surface area (Å²) in [6, 6.07) is 9.34. The third-order valence-electron chi connectivity index (χ3n) is 3.98. The summed E-state index contributed by atoms with van der Waals surface area (Å²) in [4.78, 5) is 23.1. The molecule has 2 heterocycles. The van der Waals surface area contributed by atoms with Gasteiger partial charge in [0.2, 0.25) is 5.91 Å². The first-order valence-electron chi connectivity index (χ1n) is 7.63. The van der Waals surface area contributed by atoms with Gasteiger partial charge in [0.15, 0.2) is 5.82 Å². The minimum Gasteiger partial charge on any atom is -0.334 e. The molecule has 4 nitrogen and oxygen atoms in total. The largest absolute Gasteiger partial charge is 0.334 e. The topological polar surface area (TPSA) is 46.1 Å². The lowest BCUT2D eigenvalue weighted by atomic mass is 10.1. The Morgan fingerprint density at radius 2 is 2.22 bits per heavy atom. The van der Waals surface area contributed by atoms with Crippen LogP contribution in [-0.4, -0.2) is 33.2 Å². The SMILES string of the molecule is O=C(CCCl)N1CCCC1c1ccnc(-c2cccc(Cl)c2)n1. The van der Waals surface area contributed by atoms with Crippen LogP contribution in [-0.2, 0) is 4.79 Å². The van der Waals surface area contributed by atoms with Crippen molar-refractivity contribution in [3.8, 4) is 11.4 Å². The Balaban J connectivity index is 1.88. The summed E-state index contributed by atoms with van der Waals surface area (Å²) in [7, 11) is 0. The maximum absolute atomic E-state index is 12.2. The zero-order valence-electron chi connectivity index (χ0n) is 12.6. The molecule has 0 radical (unpaired) electrons. The Bertz CT molecular complexity index is 708. The number of aromatic nitrogens is 2. The Morgan fingerprint density at radius 1 is 1.35 bits per heavy atom. The minimum absolute atomic E-state index is 0.00616. The highest BCUT2D eigenvalue weighted by Crippen LogP contribution is 2.32. The van der Waals surface area contributed by atoms with Gasteiger partial charge in [-0.3, -0.25) is 4.79 Å². The summed E-state index contributed by atoms with van der Waals surface area (Å²) in [6.07, 6.45) is 4.00. The van der Waals surface area contributed by atoms with E-state index in [-0.39, 0.29) is 11.9 Å². The molecule has 3 rings (SSSR count). The molecular weight excluding hydrogens is 333 g/mol. The number of benzene rings is 1. The first-order valence-corrected chi connectivity index (χ1v) is 8.54. The summed E-state index contributed by atoms with van der Waals surface area (Å²) >= 11 is 11.7. The van der Waals surface area contributed by atoms with Crippen LogP contribution in [0, 0.1) is 0 Å². The fourth-order valence-electron chi connectivity index (χ4n) is 2.92. The van der Waals surface area contributed by atoms with Crippen molar-refractivity contribution in [3.05, 3.63) is 47.2 Å². The van der Waals surface area contributed by atoms with Gasteiger partial charge in [-0.15, -0.1) is 11.6 Å².